The number of Topliss-reactive ketones (excluding diaryl/α,β-unsaturated/α-hetero) is 1. The number of hydrogen-bond acceptors (Lipinski definition) is 3. The van der Waals surface area contributed by atoms with Crippen LogP contribution in [-0.4, -0.2) is 28.0 Å². The van der Waals surface area contributed by atoms with Crippen molar-refractivity contribution < 1.29 is 19.4 Å². The molecule has 1 atom stereocenters. The molecule has 0 aliphatic rings. The Kier molecular flexibility index (Phi) is 8.74. The number of ether oxygens (including phenoxy) is 1. The van der Waals surface area contributed by atoms with E-state index in [0.717, 1.165) is 30.5 Å². The second-order valence-corrected chi connectivity index (χ2v) is 7.69. The van der Waals surface area contributed by atoms with Crippen LogP contribution in [0.1, 0.15) is 54.2 Å². The summed E-state index contributed by atoms with van der Waals surface area (Å²) in [5, 5.41) is 9.57. The van der Waals surface area contributed by atoms with Crippen LogP contribution in [0, 0.1) is 5.92 Å². The highest BCUT2D eigenvalue weighted by Gasteiger charge is 2.18. The van der Waals surface area contributed by atoms with Crippen LogP contribution in [0.15, 0.2) is 36.5 Å². The molecule has 152 valence electrons. The van der Waals surface area contributed by atoms with Gasteiger partial charge in [-0.1, -0.05) is 30.7 Å². The second-order valence-electron chi connectivity index (χ2n) is 7.26. The molecule has 0 radical (unpaired) electrons. The van der Waals surface area contributed by atoms with Crippen molar-refractivity contribution in [1.82, 2.24) is 4.57 Å². The van der Waals surface area contributed by atoms with E-state index >= 15 is 0 Å². The number of carbonyl (C=O) groups excluding carboxylic acids is 1. The van der Waals surface area contributed by atoms with Gasteiger partial charge in [-0.2, -0.15) is 0 Å². The van der Waals surface area contributed by atoms with Crippen molar-refractivity contribution in [3.63, 3.8) is 0 Å². The van der Waals surface area contributed by atoms with Crippen molar-refractivity contribution >= 4 is 23.4 Å². The minimum atomic E-state index is -0.869. The van der Waals surface area contributed by atoms with E-state index in [9.17, 15) is 9.59 Å². The summed E-state index contributed by atoms with van der Waals surface area (Å²) in [5.74, 6) is -1.02. The summed E-state index contributed by atoms with van der Waals surface area (Å²) in [6, 6.07) is 9.47. The molecule has 5 nitrogen and oxygen atoms in total. The molecule has 28 heavy (non-hydrogen) atoms. The molecule has 0 unspecified atom stereocenters. The minimum absolute atomic E-state index is 0.0118. The van der Waals surface area contributed by atoms with Crippen molar-refractivity contribution in [3.05, 3.63) is 58.4 Å². The highest BCUT2D eigenvalue weighted by molar-refractivity contribution is 6.30. The van der Waals surface area contributed by atoms with E-state index in [2.05, 4.69) is 0 Å². The molecule has 1 aromatic carbocycles. The first-order valence-corrected chi connectivity index (χ1v) is 9.96. The van der Waals surface area contributed by atoms with E-state index in [4.69, 9.17) is 21.4 Å². The van der Waals surface area contributed by atoms with Gasteiger partial charge in [0, 0.05) is 49.0 Å². The van der Waals surface area contributed by atoms with Gasteiger partial charge in [-0.15, -0.1) is 0 Å². The maximum Gasteiger partial charge on any atom is 0.303 e. The number of hydrogen-bond donors (Lipinski definition) is 1. The van der Waals surface area contributed by atoms with Gasteiger partial charge in [0.1, 0.15) is 0 Å². The summed E-state index contributed by atoms with van der Waals surface area (Å²) in [5.41, 5.74) is 2.76. The fourth-order valence-corrected chi connectivity index (χ4v) is 3.45. The number of rotatable bonds is 12. The number of halogens is 1. The highest BCUT2D eigenvalue weighted by atomic mass is 35.5. The van der Waals surface area contributed by atoms with Gasteiger partial charge in [0.05, 0.1) is 6.61 Å². The van der Waals surface area contributed by atoms with Gasteiger partial charge in [0.2, 0.25) is 0 Å². The minimum Gasteiger partial charge on any atom is -0.481 e. The van der Waals surface area contributed by atoms with Gasteiger partial charge in [0.25, 0.3) is 0 Å². The Balaban J connectivity index is 1.77. The van der Waals surface area contributed by atoms with E-state index in [-0.39, 0.29) is 24.5 Å². The Labute approximate surface area is 171 Å². The SMILES string of the molecule is C[C@H](CC(=O)O)CC(=O)c1ccn(C)c1CCCCOCc1cccc(Cl)c1. The zero-order chi connectivity index (χ0) is 20.5. The third-order valence-electron chi connectivity index (χ3n) is 4.67. The summed E-state index contributed by atoms with van der Waals surface area (Å²) in [7, 11) is 1.93. The van der Waals surface area contributed by atoms with E-state index in [1.807, 2.05) is 48.1 Å². The van der Waals surface area contributed by atoms with Gasteiger partial charge >= 0.3 is 5.97 Å². The molecule has 1 aromatic heterocycles. The lowest BCUT2D eigenvalue weighted by molar-refractivity contribution is -0.137. The summed E-state index contributed by atoms with van der Waals surface area (Å²) in [6.07, 6.45) is 4.76. The lowest BCUT2D eigenvalue weighted by Gasteiger charge is -2.10. The zero-order valence-corrected chi connectivity index (χ0v) is 17.2. The maximum absolute atomic E-state index is 12.5. The zero-order valence-electron chi connectivity index (χ0n) is 16.5. The highest BCUT2D eigenvalue weighted by Crippen LogP contribution is 2.19. The molecule has 6 heteroatoms. The third-order valence-corrected chi connectivity index (χ3v) is 4.90. The summed E-state index contributed by atoms with van der Waals surface area (Å²) < 4.78 is 7.68. The fraction of sp³-hybridized carbons (Fsp3) is 0.455. The van der Waals surface area contributed by atoms with Crippen molar-refractivity contribution in [2.24, 2.45) is 13.0 Å². The molecule has 0 aliphatic carbocycles. The summed E-state index contributed by atoms with van der Waals surface area (Å²) in [4.78, 5) is 23.3. The van der Waals surface area contributed by atoms with Crippen LogP contribution in [0.5, 0.6) is 0 Å². The molecule has 0 saturated heterocycles. The van der Waals surface area contributed by atoms with Crippen LogP contribution in [0.3, 0.4) is 0 Å². The Bertz CT molecular complexity index is 800. The predicted octanol–water partition coefficient (Wildman–Crippen LogP) is 4.90. The van der Waals surface area contributed by atoms with Crippen LogP contribution in [0.25, 0.3) is 0 Å². The van der Waals surface area contributed by atoms with Gasteiger partial charge in [-0.05, 0) is 48.9 Å². The lowest BCUT2D eigenvalue weighted by atomic mass is 9.96. The topological polar surface area (TPSA) is 68.5 Å². The number of carbonyl (C=O) groups is 2. The average molecular weight is 406 g/mol. The number of aromatic nitrogens is 1. The molecule has 2 aromatic rings. The Hall–Kier alpha value is -2.11. The molecule has 1 heterocycles. The van der Waals surface area contributed by atoms with Gasteiger partial charge < -0.3 is 14.4 Å². The molecule has 0 saturated carbocycles. The number of aliphatic carboxylic acids is 1. The van der Waals surface area contributed by atoms with Crippen molar-refractivity contribution in [2.75, 3.05) is 6.61 Å². The summed E-state index contributed by atoms with van der Waals surface area (Å²) >= 11 is 5.96. The van der Waals surface area contributed by atoms with Crippen LogP contribution in [0.2, 0.25) is 5.02 Å². The number of benzene rings is 1. The maximum atomic E-state index is 12.5. The first-order chi connectivity index (χ1) is 13.4. The van der Waals surface area contributed by atoms with Gasteiger partial charge in [0.15, 0.2) is 5.78 Å². The van der Waals surface area contributed by atoms with Crippen LogP contribution >= 0.6 is 11.6 Å². The van der Waals surface area contributed by atoms with Crippen molar-refractivity contribution in [2.45, 2.75) is 45.6 Å². The van der Waals surface area contributed by atoms with E-state index in [1.54, 1.807) is 6.92 Å². The molecule has 0 spiro atoms. The summed E-state index contributed by atoms with van der Waals surface area (Å²) in [6.45, 7) is 2.98. The largest absolute Gasteiger partial charge is 0.481 e. The standard InChI is InChI=1S/C22H28ClNO4/c1-16(13-22(26)27)12-21(25)19-9-10-24(2)20(19)8-3-4-11-28-15-17-6-5-7-18(23)14-17/h5-7,9-10,14,16H,3-4,8,11-13,15H2,1-2H3,(H,26,27)/t16-/m0/s1. The number of nitrogens with zero attached hydrogens (tertiary/aromatic N) is 1. The number of carboxylic acid groups (broad SMARTS) is 1. The molecule has 0 aliphatic heterocycles. The quantitative estimate of drug-likeness (QED) is 0.402. The Morgan fingerprint density at radius 1 is 1.21 bits per heavy atom. The molecular weight excluding hydrogens is 378 g/mol. The first-order valence-electron chi connectivity index (χ1n) is 9.58. The molecule has 0 bridgehead atoms. The Morgan fingerprint density at radius 3 is 2.71 bits per heavy atom. The number of unbranched alkanes of at least 4 members (excludes halogenated alkanes) is 1. The normalized spacial score (nSPS) is 12.1. The van der Waals surface area contributed by atoms with Gasteiger partial charge in [-0.25, -0.2) is 0 Å². The number of carboxylic acids is 1. The third kappa shape index (κ3) is 7.13. The van der Waals surface area contributed by atoms with E-state index < -0.39 is 5.97 Å². The molecular formula is C22H28ClNO4. The van der Waals surface area contributed by atoms with E-state index in [1.165, 1.54) is 0 Å². The monoisotopic (exact) mass is 405 g/mol. The average Bonchev–Trinajstić information content (AvgIpc) is 2.98. The van der Waals surface area contributed by atoms with Gasteiger partial charge in [-0.3, -0.25) is 9.59 Å². The van der Waals surface area contributed by atoms with Crippen LogP contribution < -0.4 is 0 Å². The lowest BCUT2D eigenvalue weighted by Crippen LogP contribution is -2.12. The van der Waals surface area contributed by atoms with E-state index in [0.29, 0.717) is 23.8 Å². The molecule has 0 fully saturated rings. The number of aryl methyl sites for hydroxylation is 1. The van der Waals surface area contributed by atoms with Crippen LogP contribution in [-0.2, 0) is 29.6 Å². The second kappa shape index (κ2) is 11.0. The van der Waals surface area contributed by atoms with Crippen molar-refractivity contribution in [1.29, 1.82) is 0 Å². The van der Waals surface area contributed by atoms with Crippen molar-refractivity contribution in [3.8, 4) is 0 Å². The number of ketones is 1. The smallest absolute Gasteiger partial charge is 0.303 e. The Morgan fingerprint density at radius 2 is 2.00 bits per heavy atom. The molecule has 2 rings (SSSR count). The van der Waals surface area contributed by atoms with Crippen LogP contribution in [0.4, 0.5) is 0 Å². The molecule has 0 amide bonds. The molecule has 1 N–H and O–H groups in total. The predicted molar refractivity (Wildman–Crippen MR) is 110 cm³/mol. The fourth-order valence-electron chi connectivity index (χ4n) is 3.24. The first kappa shape index (κ1) is 22.2.